The summed E-state index contributed by atoms with van der Waals surface area (Å²) in [5.74, 6) is -0.477. The first-order valence-electron chi connectivity index (χ1n) is 7.49. The van der Waals surface area contributed by atoms with Crippen LogP contribution in [-0.2, 0) is 19.6 Å². The van der Waals surface area contributed by atoms with E-state index in [4.69, 9.17) is 27.9 Å². The van der Waals surface area contributed by atoms with Crippen molar-refractivity contribution in [3.05, 3.63) is 34.6 Å². The van der Waals surface area contributed by atoms with Crippen LogP contribution in [0.25, 0.3) is 10.8 Å². The Hall–Kier alpha value is -1.41. The third kappa shape index (κ3) is 4.41. The first kappa shape index (κ1) is 19.9. The Bertz CT molecular complexity index is 914. The predicted octanol–water partition coefficient (Wildman–Crippen LogP) is 3.41. The minimum atomic E-state index is -3.85. The Balaban J connectivity index is 2.30. The Kier molecular flexibility index (Phi) is 5.93. The van der Waals surface area contributed by atoms with E-state index in [1.54, 1.807) is 26.8 Å². The molecule has 0 saturated heterocycles. The smallest absolute Gasteiger partial charge is 0.312 e. The van der Waals surface area contributed by atoms with Crippen molar-refractivity contribution in [1.82, 2.24) is 9.71 Å². The highest BCUT2D eigenvalue weighted by Crippen LogP contribution is 2.29. The van der Waals surface area contributed by atoms with Crippen LogP contribution in [0.4, 0.5) is 0 Å². The Morgan fingerprint density at radius 2 is 1.96 bits per heavy atom. The summed E-state index contributed by atoms with van der Waals surface area (Å²) in [7, 11) is -3.85. The number of hydrogen-bond donors (Lipinski definition) is 1. The molecule has 9 heteroatoms. The lowest BCUT2D eigenvalue weighted by atomic mass is 9.94. The second-order valence-electron chi connectivity index (χ2n) is 6.03. The number of pyridine rings is 1. The molecule has 1 aromatic carbocycles. The van der Waals surface area contributed by atoms with E-state index < -0.39 is 21.4 Å². The molecule has 0 bridgehead atoms. The van der Waals surface area contributed by atoms with Crippen molar-refractivity contribution < 1.29 is 17.9 Å². The van der Waals surface area contributed by atoms with Gasteiger partial charge < -0.3 is 4.74 Å². The number of rotatable bonds is 6. The second kappa shape index (κ2) is 7.45. The average Bonchev–Trinajstić information content (AvgIpc) is 2.56. The van der Waals surface area contributed by atoms with Gasteiger partial charge in [-0.1, -0.05) is 29.3 Å². The number of fused-ring (bicyclic) bond motifs is 1. The van der Waals surface area contributed by atoms with Gasteiger partial charge in [-0.3, -0.25) is 4.79 Å². The zero-order valence-electron chi connectivity index (χ0n) is 14.0. The van der Waals surface area contributed by atoms with Gasteiger partial charge in [-0.05, 0) is 32.9 Å². The quantitative estimate of drug-likeness (QED) is 0.588. The Morgan fingerprint density at radius 1 is 1.28 bits per heavy atom. The van der Waals surface area contributed by atoms with Gasteiger partial charge in [0, 0.05) is 23.5 Å². The first-order valence-corrected chi connectivity index (χ1v) is 9.73. The van der Waals surface area contributed by atoms with Crippen LogP contribution in [0.15, 0.2) is 29.3 Å². The van der Waals surface area contributed by atoms with Gasteiger partial charge in [-0.25, -0.2) is 18.1 Å². The molecule has 0 saturated carbocycles. The van der Waals surface area contributed by atoms with Gasteiger partial charge in [-0.2, -0.15) is 0 Å². The third-order valence-electron chi connectivity index (χ3n) is 3.60. The molecule has 0 fully saturated rings. The summed E-state index contributed by atoms with van der Waals surface area (Å²) in [5, 5.41) is 1.57. The Labute approximate surface area is 156 Å². The molecule has 6 nitrogen and oxygen atoms in total. The SMILES string of the molecule is CCOC(=O)C(C)(C)CNS(=O)(=O)c1ccc2c(Cl)cnc(Cl)c2c1. The van der Waals surface area contributed by atoms with Crippen molar-refractivity contribution in [1.29, 1.82) is 0 Å². The Morgan fingerprint density at radius 3 is 2.60 bits per heavy atom. The summed E-state index contributed by atoms with van der Waals surface area (Å²) < 4.78 is 32.5. The molecule has 0 radical (unpaired) electrons. The number of nitrogens with zero attached hydrogens (tertiary/aromatic N) is 1. The van der Waals surface area contributed by atoms with Crippen LogP contribution >= 0.6 is 23.2 Å². The number of carbonyl (C=O) groups is 1. The molecule has 0 unspecified atom stereocenters. The maximum absolute atomic E-state index is 12.5. The lowest BCUT2D eigenvalue weighted by Crippen LogP contribution is -2.39. The highest BCUT2D eigenvalue weighted by molar-refractivity contribution is 7.89. The number of ether oxygens (including phenoxy) is 1. The van der Waals surface area contributed by atoms with Crippen LogP contribution in [0.5, 0.6) is 0 Å². The zero-order chi connectivity index (χ0) is 18.8. The average molecular weight is 405 g/mol. The van der Waals surface area contributed by atoms with Gasteiger partial charge in [0.2, 0.25) is 10.0 Å². The summed E-state index contributed by atoms with van der Waals surface area (Å²) >= 11 is 12.1. The van der Waals surface area contributed by atoms with Gasteiger partial charge in [0.25, 0.3) is 0 Å². The number of hydrogen-bond acceptors (Lipinski definition) is 5. The number of carbonyl (C=O) groups excluding carboxylic acids is 1. The van der Waals surface area contributed by atoms with E-state index in [1.807, 2.05) is 0 Å². The largest absolute Gasteiger partial charge is 0.466 e. The van der Waals surface area contributed by atoms with Crippen molar-refractivity contribution >= 4 is 50.0 Å². The molecule has 0 aliphatic heterocycles. The summed E-state index contributed by atoms with van der Waals surface area (Å²) in [6.07, 6.45) is 1.40. The summed E-state index contributed by atoms with van der Waals surface area (Å²) in [5.41, 5.74) is -0.998. The molecule has 0 spiro atoms. The lowest BCUT2D eigenvalue weighted by molar-refractivity contribution is -0.152. The van der Waals surface area contributed by atoms with Crippen LogP contribution in [0.3, 0.4) is 0 Å². The molecule has 1 N–H and O–H groups in total. The molecule has 1 aromatic heterocycles. The van der Waals surface area contributed by atoms with E-state index in [9.17, 15) is 13.2 Å². The fourth-order valence-electron chi connectivity index (χ4n) is 2.08. The number of esters is 1. The van der Waals surface area contributed by atoms with Crippen molar-refractivity contribution in [2.24, 2.45) is 5.41 Å². The van der Waals surface area contributed by atoms with E-state index in [1.165, 1.54) is 18.3 Å². The molecular weight excluding hydrogens is 387 g/mol. The number of nitrogens with one attached hydrogen (secondary N) is 1. The van der Waals surface area contributed by atoms with Crippen molar-refractivity contribution in [3.63, 3.8) is 0 Å². The fraction of sp³-hybridized carbons (Fsp3) is 0.375. The zero-order valence-corrected chi connectivity index (χ0v) is 16.3. The van der Waals surface area contributed by atoms with Crippen LogP contribution in [0.2, 0.25) is 10.2 Å². The number of benzene rings is 1. The first-order chi connectivity index (χ1) is 11.6. The van der Waals surface area contributed by atoms with Crippen LogP contribution in [0.1, 0.15) is 20.8 Å². The minimum absolute atomic E-state index is 0.00521. The minimum Gasteiger partial charge on any atom is -0.466 e. The maximum Gasteiger partial charge on any atom is 0.312 e. The van der Waals surface area contributed by atoms with E-state index >= 15 is 0 Å². The van der Waals surface area contributed by atoms with Crippen LogP contribution in [-0.4, -0.2) is 32.5 Å². The molecule has 0 atom stereocenters. The van der Waals surface area contributed by atoms with E-state index in [-0.39, 0.29) is 23.2 Å². The molecule has 25 heavy (non-hydrogen) atoms. The number of aromatic nitrogens is 1. The molecule has 2 aromatic rings. The normalized spacial score (nSPS) is 12.4. The van der Waals surface area contributed by atoms with Gasteiger partial charge in [0.15, 0.2) is 0 Å². The molecule has 1 heterocycles. The third-order valence-corrected chi connectivity index (χ3v) is 5.61. The number of halogens is 2. The topological polar surface area (TPSA) is 85.4 Å². The molecule has 2 rings (SSSR count). The summed E-state index contributed by atoms with van der Waals surface area (Å²) in [4.78, 5) is 15.8. The lowest BCUT2D eigenvalue weighted by Gasteiger charge is -2.22. The van der Waals surface area contributed by atoms with Crippen LogP contribution < -0.4 is 4.72 Å². The van der Waals surface area contributed by atoms with Gasteiger partial charge in [-0.15, -0.1) is 0 Å². The van der Waals surface area contributed by atoms with Gasteiger partial charge >= 0.3 is 5.97 Å². The highest BCUT2D eigenvalue weighted by Gasteiger charge is 2.31. The fourth-order valence-corrected chi connectivity index (χ4v) is 3.74. The van der Waals surface area contributed by atoms with E-state index in [2.05, 4.69) is 9.71 Å². The predicted molar refractivity (Wildman–Crippen MR) is 97.4 cm³/mol. The molecule has 136 valence electrons. The van der Waals surface area contributed by atoms with E-state index in [0.717, 1.165) is 0 Å². The molecule has 0 aliphatic carbocycles. The summed E-state index contributed by atoms with van der Waals surface area (Å²) in [6.45, 7) is 5.03. The van der Waals surface area contributed by atoms with E-state index in [0.29, 0.717) is 15.8 Å². The highest BCUT2D eigenvalue weighted by atomic mass is 35.5. The number of sulfonamides is 1. The van der Waals surface area contributed by atoms with Crippen molar-refractivity contribution in [2.45, 2.75) is 25.7 Å². The monoisotopic (exact) mass is 404 g/mol. The summed E-state index contributed by atoms with van der Waals surface area (Å²) in [6, 6.07) is 4.39. The van der Waals surface area contributed by atoms with Crippen molar-refractivity contribution in [3.8, 4) is 0 Å². The van der Waals surface area contributed by atoms with Crippen LogP contribution in [0, 0.1) is 5.41 Å². The molecule has 0 amide bonds. The molecule has 0 aliphatic rings. The van der Waals surface area contributed by atoms with Gasteiger partial charge in [0.05, 0.1) is 21.9 Å². The second-order valence-corrected chi connectivity index (χ2v) is 8.57. The maximum atomic E-state index is 12.5. The standard InChI is InChI=1S/C16H18Cl2N2O4S/c1-4-24-15(21)16(2,3)9-20-25(22,23)10-5-6-11-12(7-10)14(18)19-8-13(11)17/h5-8,20H,4,9H2,1-3H3. The van der Waals surface area contributed by atoms with Gasteiger partial charge in [0.1, 0.15) is 5.15 Å². The molecular formula is C16H18Cl2N2O4S. The van der Waals surface area contributed by atoms with Crippen molar-refractivity contribution in [2.75, 3.05) is 13.2 Å².